The van der Waals surface area contributed by atoms with Crippen LogP contribution >= 0.6 is 22.5 Å². The molecule has 0 unspecified atom stereocenters. The van der Waals surface area contributed by atoms with Gasteiger partial charge in [-0.05, 0) is 52.3 Å². The van der Waals surface area contributed by atoms with Gasteiger partial charge >= 0.3 is 0 Å². The maximum absolute atomic E-state index is 5.74. The molecule has 1 N–H and O–H groups in total. The standard InChI is InChI=1S/C14H23NOS2/c1-13(2,3)16-10-11-6-8-12(9-7-11)15-14(4,5)18-17/h6-9,15,17H,10H2,1-5H3. The molecule has 0 bridgehead atoms. The molecule has 0 fully saturated rings. The Labute approximate surface area is 120 Å². The summed E-state index contributed by atoms with van der Waals surface area (Å²) in [4.78, 5) is -0.0768. The molecule has 0 amide bonds. The van der Waals surface area contributed by atoms with Crippen molar-refractivity contribution < 1.29 is 4.74 Å². The summed E-state index contributed by atoms with van der Waals surface area (Å²) >= 11 is 4.25. The molecule has 0 radical (unpaired) electrons. The zero-order valence-corrected chi connectivity index (χ0v) is 13.5. The van der Waals surface area contributed by atoms with Crippen LogP contribution in [0.2, 0.25) is 0 Å². The van der Waals surface area contributed by atoms with Crippen LogP contribution in [0.15, 0.2) is 24.3 Å². The monoisotopic (exact) mass is 285 g/mol. The predicted molar refractivity (Wildman–Crippen MR) is 85.3 cm³/mol. The van der Waals surface area contributed by atoms with Crippen LogP contribution in [0, 0.1) is 0 Å². The zero-order valence-electron chi connectivity index (χ0n) is 11.8. The molecule has 0 aliphatic rings. The normalized spacial score (nSPS) is 12.6. The summed E-state index contributed by atoms with van der Waals surface area (Å²) in [7, 11) is 1.50. The van der Waals surface area contributed by atoms with Crippen molar-refractivity contribution in [1.82, 2.24) is 0 Å². The second kappa shape index (κ2) is 6.22. The third-order valence-corrected chi connectivity index (χ3v) is 4.23. The van der Waals surface area contributed by atoms with Gasteiger partial charge in [0.1, 0.15) is 0 Å². The van der Waals surface area contributed by atoms with Gasteiger partial charge in [0.05, 0.1) is 17.1 Å². The molecular weight excluding hydrogens is 262 g/mol. The molecule has 1 rings (SSSR count). The number of rotatable bonds is 5. The summed E-state index contributed by atoms with van der Waals surface area (Å²) in [5.41, 5.74) is 2.19. The number of thiol groups is 1. The predicted octanol–water partition coefficient (Wildman–Crippen LogP) is 4.73. The first-order valence-electron chi connectivity index (χ1n) is 6.05. The molecule has 1 aromatic rings. The first-order valence-corrected chi connectivity index (χ1v) is 7.92. The Morgan fingerprint density at radius 1 is 1.11 bits per heavy atom. The highest BCUT2D eigenvalue weighted by Gasteiger charge is 2.15. The molecule has 0 aliphatic heterocycles. The van der Waals surface area contributed by atoms with E-state index in [9.17, 15) is 0 Å². The van der Waals surface area contributed by atoms with Gasteiger partial charge in [-0.1, -0.05) is 22.9 Å². The van der Waals surface area contributed by atoms with Crippen LogP contribution in [0.1, 0.15) is 40.2 Å². The lowest BCUT2D eigenvalue weighted by molar-refractivity contribution is -0.0149. The first-order chi connectivity index (χ1) is 8.22. The second-order valence-electron chi connectivity index (χ2n) is 5.82. The summed E-state index contributed by atoms with van der Waals surface area (Å²) in [6, 6.07) is 8.33. The maximum atomic E-state index is 5.74. The second-order valence-corrected chi connectivity index (χ2v) is 7.58. The van der Waals surface area contributed by atoms with Crippen molar-refractivity contribution in [1.29, 1.82) is 0 Å². The Hall–Kier alpha value is -0.320. The zero-order chi connectivity index (χ0) is 13.8. The molecule has 0 spiro atoms. The molecule has 0 aromatic heterocycles. The minimum atomic E-state index is -0.0957. The van der Waals surface area contributed by atoms with Crippen molar-refractivity contribution >= 4 is 28.1 Å². The van der Waals surface area contributed by atoms with Gasteiger partial charge in [-0.25, -0.2) is 0 Å². The number of anilines is 1. The lowest BCUT2D eigenvalue weighted by Gasteiger charge is -2.24. The number of hydrogen-bond acceptors (Lipinski definition) is 4. The Morgan fingerprint density at radius 2 is 1.67 bits per heavy atom. The van der Waals surface area contributed by atoms with Gasteiger partial charge in [0.15, 0.2) is 0 Å². The van der Waals surface area contributed by atoms with Crippen molar-refractivity contribution in [3.05, 3.63) is 29.8 Å². The molecule has 0 atom stereocenters. The lowest BCUT2D eigenvalue weighted by Crippen LogP contribution is -2.24. The van der Waals surface area contributed by atoms with Gasteiger partial charge in [-0.3, -0.25) is 0 Å². The van der Waals surface area contributed by atoms with E-state index in [1.165, 1.54) is 16.4 Å². The molecular formula is C14H23NOS2. The third kappa shape index (κ3) is 6.03. The lowest BCUT2D eigenvalue weighted by atomic mass is 10.1. The third-order valence-electron chi connectivity index (χ3n) is 2.30. The van der Waals surface area contributed by atoms with Crippen LogP contribution in [-0.2, 0) is 11.3 Å². The average Bonchev–Trinajstić information content (AvgIpc) is 2.27. The van der Waals surface area contributed by atoms with Crippen LogP contribution in [0.25, 0.3) is 0 Å². The number of benzene rings is 1. The molecule has 18 heavy (non-hydrogen) atoms. The Morgan fingerprint density at radius 3 is 2.11 bits per heavy atom. The van der Waals surface area contributed by atoms with Crippen LogP contribution < -0.4 is 5.32 Å². The van der Waals surface area contributed by atoms with Gasteiger partial charge in [0.25, 0.3) is 0 Å². The highest BCUT2D eigenvalue weighted by Crippen LogP contribution is 2.29. The fourth-order valence-corrected chi connectivity index (χ4v) is 1.65. The van der Waals surface area contributed by atoms with E-state index in [4.69, 9.17) is 4.74 Å². The molecule has 0 heterocycles. The Balaban J connectivity index is 2.58. The van der Waals surface area contributed by atoms with Crippen molar-refractivity contribution in [3.63, 3.8) is 0 Å². The molecule has 1 aromatic carbocycles. The fraction of sp³-hybridized carbons (Fsp3) is 0.571. The molecule has 4 heteroatoms. The van der Waals surface area contributed by atoms with Crippen molar-refractivity contribution in [2.24, 2.45) is 0 Å². The molecule has 0 saturated carbocycles. The van der Waals surface area contributed by atoms with E-state index in [0.29, 0.717) is 6.61 Å². The van der Waals surface area contributed by atoms with E-state index in [1.54, 1.807) is 0 Å². The largest absolute Gasteiger partial charge is 0.371 e. The fourth-order valence-electron chi connectivity index (χ4n) is 1.35. The molecule has 102 valence electrons. The van der Waals surface area contributed by atoms with E-state index in [2.05, 4.69) is 75.9 Å². The smallest absolute Gasteiger partial charge is 0.0875 e. The van der Waals surface area contributed by atoms with E-state index in [-0.39, 0.29) is 10.5 Å². The van der Waals surface area contributed by atoms with Crippen LogP contribution in [0.4, 0.5) is 5.69 Å². The number of hydrogen-bond donors (Lipinski definition) is 2. The topological polar surface area (TPSA) is 21.3 Å². The van der Waals surface area contributed by atoms with Gasteiger partial charge in [0.2, 0.25) is 0 Å². The number of ether oxygens (including phenoxy) is 1. The summed E-state index contributed by atoms with van der Waals surface area (Å²) in [6.07, 6.45) is 0. The minimum absolute atomic E-state index is 0.0768. The average molecular weight is 285 g/mol. The van der Waals surface area contributed by atoms with Crippen LogP contribution in [0.3, 0.4) is 0 Å². The first kappa shape index (κ1) is 15.7. The minimum Gasteiger partial charge on any atom is -0.371 e. The van der Waals surface area contributed by atoms with E-state index >= 15 is 0 Å². The van der Waals surface area contributed by atoms with Crippen molar-refractivity contribution in [2.45, 2.75) is 51.7 Å². The van der Waals surface area contributed by atoms with E-state index in [0.717, 1.165) is 5.69 Å². The molecule has 2 nitrogen and oxygen atoms in total. The summed E-state index contributed by atoms with van der Waals surface area (Å²) < 4.78 is 5.74. The van der Waals surface area contributed by atoms with Crippen LogP contribution in [0.5, 0.6) is 0 Å². The van der Waals surface area contributed by atoms with Crippen molar-refractivity contribution in [3.8, 4) is 0 Å². The summed E-state index contributed by atoms with van der Waals surface area (Å²) in [6.45, 7) is 11.0. The van der Waals surface area contributed by atoms with E-state index in [1.807, 2.05) is 0 Å². The highest BCUT2D eigenvalue weighted by molar-refractivity contribution is 8.69. The van der Waals surface area contributed by atoms with Crippen molar-refractivity contribution in [2.75, 3.05) is 5.32 Å². The summed E-state index contributed by atoms with van der Waals surface area (Å²) in [5, 5.41) is 3.41. The molecule has 0 aliphatic carbocycles. The quantitative estimate of drug-likeness (QED) is 0.464. The van der Waals surface area contributed by atoms with Gasteiger partial charge in [0, 0.05) is 5.69 Å². The number of nitrogens with one attached hydrogen (secondary N) is 1. The van der Waals surface area contributed by atoms with E-state index < -0.39 is 0 Å². The van der Waals surface area contributed by atoms with Gasteiger partial charge < -0.3 is 10.1 Å². The highest BCUT2D eigenvalue weighted by atomic mass is 33.1. The SMILES string of the molecule is CC(C)(C)OCc1ccc(NC(C)(C)SS)cc1. The summed E-state index contributed by atoms with van der Waals surface area (Å²) in [5.74, 6) is 0. The van der Waals surface area contributed by atoms with Gasteiger partial charge in [-0.2, -0.15) is 0 Å². The Bertz CT molecular complexity index is 368. The maximum Gasteiger partial charge on any atom is 0.0875 e. The van der Waals surface area contributed by atoms with Gasteiger partial charge in [-0.15, -0.1) is 11.7 Å². The molecule has 0 saturated heterocycles. The Kier molecular flexibility index (Phi) is 5.44. The van der Waals surface area contributed by atoms with Crippen LogP contribution in [-0.4, -0.2) is 10.5 Å².